The molecule has 0 fully saturated rings. The number of hydrogen-bond donors (Lipinski definition) is 1. The van der Waals surface area contributed by atoms with Crippen LogP contribution in [0.15, 0.2) is 24.3 Å². The van der Waals surface area contributed by atoms with Crippen molar-refractivity contribution in [1.29, 1.82) is 0 Å². The summed E-state index contributed by atoms with van der Waals surface area (Å²) in [4.78, 5) is 0. The van der Waals surface area contributed by atoms with Gasteiger partial charge in [-0.2, -0.15) is 0 Å². The van der Waals surface area contributed by atoms with E-state index in [0.717, 1.165) is 0 Å². The zero-order chi connectivity index (χ0) is 13.4. The maximum atomic E-state index is 9.47. The third kappa shape index (κ3) is 2.38. The fraction of sp³-hybridized carbons (Fsp3) is 0. The Morgan fingerprint density at radius 2 is 1.22 bits per heavy atom. The summed E-state index contributed by atoms with van der Waals surface area (Å²) in [5.74, 6) is 0.0850. The van der Waals surface area contributed by atoms with Gasteiger partial charge in [0.2, 0.25) is 0 Å². The predicted octanol–water partition coefficient (Wildman–Crippen LogP) is 6.33. The van der Waals surface area contributed by atoms with Crippen LogP contribution in [-0.4, -0.2) is 5.11 Å². The molecule has 0 atom stereocenters. The van der Waals surface area contributed by atoms with E-state index in [9.17, 15) is 5.11 Å². The van der Waals surface area contributed by atoms with Gasteiger partial charge in [0.25, 0.3) is 0 Å². The summed E-state index contributed by atoms with van der Waals surface area (Å²) in [6, 6.07) is 6.43. The van der Waals surface area contributed by atoms with Gasteiger partial charge in [-0.25, -0.2) is 0 Å². The second-order valence-corrected chi connectivity index (χ2v) is 5.39. The number of phenolic OH excluding ortho intramolecular Hbond substituents is 1. The molecule has 0 bridgehead atoms. The molecule has 0 radical (unpaired) electrons. The summed E-state index contributed by atoms with van der Waals surface area (Å²) in [6.45, 7) is 0. The summed E-state index contributed by atoms with van der Waals surface area (Å²) in [7, 11) is 0. The molecule has 0 spiro atoms. The number of aromatic hydroxyl groups is 1. The monoisotopic (exact) mass is 340 g/mol. The molecule has 0 heterocycles. The Hall–Kier alpha value is -0.310. The zero-order valence-corrected chi connectivity index (χ0v) is 12.4. The molecule has 0 saturated carbocycles. The molecule has 0 saturated heterocycles. The van der Waals surface area contributed by atoms with E-state index in [4.69, 9.17) is 58.0 Å². The molecule has 0 unspecified atom stereocenters. The van der Waals surface area contributed by atoms with Crippen molar-refractivity contribution in [2.45, 2.75) is 0 Å². The molecule has 1 N–H and O–H groups in total. The molecule has 2 rings (SSSR count). The van der Waals surface area contributed by atoms with Crippen molar-refractivity contribution < 1.29 is 5.11 Å². The molecule has 94 valence electrons. The standard InChI is InChI=1S/C12H5Cl5O/c13-8-7(5-2-1-3-6(18)4-5)9(14)11(16)12(17)10(8)15/h1-4,18H. The maximum Gasteiger partial charge on any atom is 0.116 e. The first-order chi connectivity index (χ1) is 8.43. The first kappa shape index (κ1) is 14.1. The first-order valence-electron chi connectivity index (χ1n) is 4.74. The van der Waals surface area contributed by atoms with E-state index in [2.05, 4.69) is 0 Å². The maximum absolute atomic E-state index is 9.47. The second-order valence-electron chi connectivity index (χ2n) is 3.50. The lowest BCUT2D eigenvalue weighted by atomic mass is 10.1. The van der Waals surface area contributed by atoms with E-state index in [1.54, 1.807) is 12.1 Å². The van der Waals surface area contributed by atoms with Crippen LogP contribution in [0.4, 0.5) is 0 Å². The minimum absolute atomic E-state index is 0.0850. The van der Waals surface area contributed by atoms with Crippen LogP contribution in [0.25, 0.3) is 11.1 Å². The molecule has 0 aliphatic rings. The highest BCUT2D eigenvalue weighted by molar-refractivity contribution is 6.56. The van der Waals surface area contributed by atoms with Crippen molar-refractivity contribution in [3.63, 3.8) is 0 Å². The Morgan fingerprint density at radius 3 is 1.72 bits per heavy atom. The van der Waals surface area contributed by atoms with Crippen molar-refractivity contribution in [1.82, 2.24) is 0 Å². The van der Waals surface area contributed by atoms with Gasteiger partial charge in [0.1, 0.15) is 5.75 Å². The number of hydrogen-bond acceptors (Lipinski definition) is 1. The molecular formula is C12H5Cl5O. The van der Waals surface area contributed by atoms with Crippen LogP contribution in [0.3, 0.4) is 0 Å². The average Bonchev–Trinajstić information content (AvgIpc) is 2.34. The third-order valence-corrected chi connectivity index (χ3v) is 4.62. The van der Waals surface area contributed by atoms with Crippen molar-refractivity contribution in [3.8, 4) is 16.9 Å². The molecular weight excluding hydrogens is 337 g/mol. The molecule has 0 aliphatic carbocycles. The van der Waals surface area contributed by atoms with Crippen LogP contribution in [0.5, 0.6) is 5.75 Å². The van der Waals surface area contributed by atoms with E-state index < -0.39 is 0 Å². The number of rotatable bonds is 1. The van der Waals surface area contributed by atoms with Gasteiger partial charge in [-0.1, -0.05) is 70.1 Å². The predicted molar refractivity (Wildman–Crippen MR) is 78.6 cm³/mol. The van der Waals surface area contributed by atoms with Gasteiger partial charge in [0.15, 0.2) is 0 Å². The van der Waals surface area contributed by atoms with Gasteiger partial charge >= 0.3 is 0 Å². The van der Waals surface area contributed by atoms with Crippen LogP contribution >= 0.6 is 58.0 Å². The number of halogens is 5. The van der Waals surface area contributed by atoms with Gasteiger partial charge in [0, 0.05) is 5.56 Å². The quantitative estimate of drug-likeness (QED) is 0.474. The van der Waals surface area contributed by atoms with Gasteiger partial charge in [0.05, 0.1) is 25.1 Å². The number of phenols is 1. The average molecular weight is 342 g/mol. The lowest BCUT2D eigenvalue weighted by Gasteiger charge is -2.12. The molecule has 6 heteroatoms. The number of benzene rings is 2. The minimum Gasteiger partial charge on any atom is -0.508 e. The van der Waals surface area contributed by atoms with E-state index >= 15 is 0 Å². The fourth-order valence-electron chi connectivity index (χ4n) is 1.52. The Morgan fingerprint density at radius 1 is 0.722 bits per heavy atom. The second kappa shape index (κ2) is 5.36. The lowest BCUT2D eigenvalue weighted by Crippen LogP contribution is -1.86. The SMILES string of the molecule is Oc1cccc(-c2c(Cl)c(Cl)c(Cl)c(Cl)c2Cl)c1. The Labute approximate surface area is 129 Å². The van der Waals surface area contributed by atoms with Crippen LogP contribution in [0.2, 0.25) is 25.1 Å². The topological polar surface area (TPSA) is 20.2 Å². The normalized spacial score (nSPS) is 10.7. The van der Waals surface area contributed by atoms with Crippen LogP contribution in [-0.2, 0) is 0 Å². The summed E-state index contributed by atoms with van der Waals surface area (Å²) in [5.41, 5.74) is 1.04. The molecule has 1 nitrogen and oxygen atoms in total. The zero-order valence-electron chi connectivity index (χ0n) is 8.65. The molecule has 0 aromatic heterocycles. The van der Waals surface area contributed by atoms with Crippen molar-refractivity contribution >= 4 is 58.0 Å². The smallest absolute Gasteiger partial charge is 0.116 e. The molecule has 0 amide bonds. The minimum atomic E-state index is 0.0850. The van der Waals surface area contributed by atoms with Crippen molar-refractivity contribution in [3.05, 3.63) is 49.4 Å². The van der Waals surface area contributed by atoms with Crippen LogP contribution < -0.4 is 0 Å². The lowest BCUT2D eigenvalue weighted by molar-refractivity contribution is 0.475. The highest BCUT2D eigenvalue weighted by Crippen LogP contribution is 2.48. The molecule has 18 heavy (non-hydrogen) atoms. The first-order valence-corrected chi connectivity index (χ1v) is 6.63. The van der Waals surface area contributed by atoms with Crippen LogP contribution in [0.1, 0.15) is 0 Å². The van der Waals surface area contributed by atoms with Gasteiger partial charge in [-0.05, 0) is 17.7 Å². The largest absolute Gasteiger partial charge is 0.508 e. The summed E-state index contributed by atoms with van der Waals surface area (Å²) < 4.78 is 0. The van der Waals surface area contributed by atoms with Gasteiger partial charge in [-0.3, -0.25) is 0 Å². The fourth-order valence-corrected chi connectivity index (χ4v) is 2.88. The highest BCUT2D eigenvalue weighted by Gasteiger charge is 2.20. The summed E-state index contributed by atoms with van der Waals surface area (Å²) in [5, 5.41) is 10.2. The highest BCUT2D eigenvalue weighted by atomic mass is 35.5. The van der Waals surface area contributed by atoms with E-state index in [0.29, 0.717) is 11.1 Å². The van der Waals surface area contributed by atoms with Crippen LogP contribution in [0, 0.1) is 0 Å². The van der Waals surface area contributed by atoms with E-state index in [1.807, 2.05) is 0 Å². The van der Waals surface area contributed by atoms with E-state index in [1.165, 1.54) is 12.1 Å². The van der Waals surface area contributed by atoms with Crippen molar-refractivity contribution in [2.24, 2.45) is 0 Å². The molecule has 2 aromatic carbocycles. The summed E-state index contributed by atoms with van der Waals surface area (Å²) in [6.07, 6.45) is 0. The van der Waals surface area contributed by atoms with Gasteiger partial charge in [-0.15, -0.1) is 0 Å². The Balaban J connectivity index is 2.80. The molecule has 2 aromatic rings. The van der Waals surface area contributed by atoms with Crippen molar-refractivity contribution in [2.75, 3.05) is 0 Å². The van der Waals surface area contributed by atoms with E-state index in [-0.39, 0.29) is 30.9 Å². The Kier molecular flexibility index (Phi) is 4.20. The third-order valence-electron chi connectivity index (χ3n) is 2.34. The summed E-state index contributed by atoms with van der Waals surface area (Å²) >= 11 is 30.1. The Bertz CT molecular complexity index is 595. The molecule has 0 aliphatic heterocycles. The van der Waals surface area contributed by atoms with Gasteiger partial charge < -0.3 is 5.11 Å².